The first-order valence-electron chi connectivity index (χ1n) is 13.8. The minimum absolute atomic E-state index is 0.0373. The number of allylic oxidation sites excluding steroid dienone is 2. The summed E-state index contributed by atoms with van der Waals surface area (Å²) >= 11 is 0. The zero-order chi connectivity index (χ0) is 27.1. The highest BCUT2D eigenvalue weighted by Crippen LogP contribution is 2.67. The highest BCUT2D eigenvalue weighted by Gasteiger charge is 2.68. The lowest BCUT2D eigenvalue weighted by molar-refractivity contribution is -0.181. The molecular formula is C28H40N4O6. The number of oxime groups is 1. The Morgan fingerprint density at radius 2 is 2.08 bits per heavy atom. The first-order valence-corrected chi connectivity index (χ1v) is 13.8. The van der Waals surface area contributed by atoms with Crippen LogP contribution in [0.3, 0.4) is 0 Å². The van der Waals surface area contributed by atoms with Crippen LogP contribution < -0.4 is 5.32 Å². The fourth-order valence-electron chi connectivity index (χ4n) is 8.35. The van der Waals surface area contributed by atoms with Crippen LogP contribution in [0.4, 0.5) is 0 Å². The van der Waals surface area contributed by atoms with E-state index < -0.39 is 29.5 Å². The van der Waals surface area contributed by atoms with E-state index in [4.69, 9.17) is 4.84 Å². The summed E-state index contributed by atoms with van der Waals surface area (Å²) in [4.78, 5) is 37.0. The second-order valence-electron chi connectivity index (χ2n) is 12.1. The summed E-state index contributed by atoms with van der Waals surface area (Å²) in [5.74, 6) is -0.394. The highest BCUT2D eigenvalue weighted by molar-refractivity contribution is 5.96. The maximum atomic E-state index is 12.6. The van der Waals surface area contributed by atoms with Gasteiger partial charge < -0.3 is 30.5 Å². The predicted octanol–water partition coefficient (Wildman–Crippen LogP) is 1.67. The van der Waals surface area contributed by atoms with Crippen LogP contribution in [0.1, 0.15) is 64.5 Å². The minimum atomic E-state index is -1.58. The Hall–Kier alpha value is -2.56. The molecule has 1 aromatic heterocycles. The maximum Gasteiger partial charge on any atom is 0.260 e. The summed E-state index contributed by atoms with van der Waals surface area (Å²) in [5.41, 5.74) is 0.490. The predicted molar refractivity (Wildman–Crippen MR) is 139 cm³/mol. The number of imidazole rings is 1. The van der Waals surface area contributed by atoms with E-state index in [2.05, 4.69) is 33.4 Å². The number of nitrogens with zero attached hydrogens (tertiary/aromatic N) is 2. The van der Waals surface area contributed by atoms with Crippen molar-refractivity contribution in [3.05, 3.63) is 29.9 Å². The Balaban J connectivity index is 1.23. The Kier molecular flexibility index (Phi) is 7.26. The summed E-state index contributed by atoms with van der Waals surface area (Å²) in [6.07, 6.45) is 10.1. The number of Topliss-reactive ketones (excluding diaryl/α,β-unsaturated/α-hetero) is 1. The van der Waals surface area contributed by atoms with Gasteiger partial charge >= 0.3 is 0 Å². The van der Waals surface area contributed by atoms with Crippen molar-refractivity contribution in [3.63, 3.8) is 0 Å². The van der Waals surface area contributed by atoms with Crippen LogP contribution in [0.2, 0.25) is 0 Å². The molecule has 4 aliphatic carbocycles. The quantitative estimate of drug-likeness (QED) is 0.321. The van der Waals surface area contributed by atoms with Gasteiger partial charge in [-0.1, -0.05) is 24.6 Å². The number of carbonyl (C=O) groups excluding carboxylic acids is 2. The standard InChI is InChI=1S/C28H40N4O6/c1-26-8-5-18(32-38-15-24(36)30-10-7-19-13-29-16-31-19)11-17(26)3-4-20-21-6-9-28(37,23(35)14-33)27(21,2)12-22(34)25(20)26/h11,13,16,20-22,25,33-34,37H,3-10,12,14-15H2,1-2H3,(H,29,31)(H,30,36)/t20?,21?,22?,25?,26-,27+,28-/m1/s1. The molecular weight excluding hydrogens is 488 g/mol. The van der Waals surface area contributed by atoms with Crippen molar-refractivity contribution in [2.75, 3.05) is 19.8 Å². The molecule has 1 heterocycles. The number of hydrogen-bond donors (Lipinski definition) is 5. The zero-order valence-corrected chi connectivity index (χ0v) is 22.3. The van der Waals surface area contributed by atoms with Crippen LogP contribution in [0.5, 0.6) is 0 Å². The lowest BCUT2D eigenvalue weighted by Gasteiger charge is -2.60. The fourth-order valence-corrected chi connectivity index (χ4v) is 8.35. The van der Waals surface area contributed by atoms with E-state index in [-0.39, 0.29) is 35.7 Å². The van der Waals surface area contributed by atoms with Gasteiger partial charge in [0, 0.05) is 30.3 Å². The molecule has 5 N–H and O–H groups in total. The Morgan fingerprint density at radius 1 is 1.26 bits per heavy atom. The molecule has 5 rings (SSSR count). The molecule has 0 saturated heterocycles. The average molecular weight is 529 g/mol. The van der Waals surface area contributed by atoms with Gasteiger partial charge in [0.25, 0.3) is 5.91 Å². The van der Waals surface area contributed by atoms with Crippen molar-refractivity contribution in [1.82, 2.24) is 15.3 Å². The van der Waals surface area contributed by atoms with Crippen molar-refractivity contribution < 1.29 is 29.7 Å². The van der Waals surface area contributed by atoms with Gasteiger partial charge in [-0.25, -0.2) is 4.98 Å². The first kappa shape index (κ1) is 27.0. The number of ketones is 1. The molecule has 1 amide bonds. The molecule has 4 aliphatic rings. The summed E-state index contributed by atoms with van der Waals surface area (Å²) in [5, 5.41) is 39.4. The number of aliphatic hydroxyl groups excluding tert-OH is 2. The third-order valence-corrected chi connectivity index (χ3v) is 10.3. The SMILES string of the molecule is C[C@]12CC(O)C3C(CCC4=CC(=NOCC(=O)NCCc5cnc[nH]5)CC[C@]43C)C1CC[C@@]2(O)C(=O)CO. The van der Waals surface area contributed by atoms with E-state index in [9.17, 15) is 24.9 Å². The van der Waals surface area contributed by atoms with E-state index >= 15 is 0 Å². The number of aromatic amines is 1. The van der Waals surface area contributed by atoms with Crippen LogP contribution in [0.15, 0.2) is 29.3 Å². The van der Waals surface area contributed by atoms with Gasteiger partial charge in [-0.3, -0.25) is 9.59 Å². The molecule has 0 bridgehead atoms. The lowest BCUT2D eigenvalue weighted by Crippen LogP contribution is -2.62. The molecule has 10 heteroatoms. The van der Waals surface area contributed by atoms with Crippen LogP contribution in [-0.4, -0.2) is 74.2 Å². The number of rotatable bonds is 8. The highest BCUT2D eigenvalue weighted by atomic mass is 16.6. The second-order valence-corrected chi connectivity index (χ2v) is 12.1. The molecule has 4 unspecified atom stereocenters. The van der Waals surface area contributed by atoms with Gasteiger partial charge in [-0.2, -0.15) is 0 Å². The van der Waals surface area contributed by atoms with Crippen molar-refractivity contribution in [1.29, 1.82) is 0 Å². The van der Waals surface area contributed by atoms with E-state index in [0.717, 1.165) is 37.1 Å². The van der Waals surface area contributed by atoms with Crippen LogP contribution in [0, 0.1) is 28.6 Å². The lowest BCUT2D eigenvalue weighted by atomic mass is 9.45. The summed E-state index contributed by atoms with van der Waals surface area (Å²) in [6, 6.07) is 0. The van der Waals surface area contributed by atoms with E-state index in [1.807, 2.05) is 6.92 Å². The number of amides is 1. The number of hydrogen-bond acceptors (Lipinski definition) is 8. The largest absolute Gasteiger partial charge is 0.393 e. The van der Waals surface area contributed by atoms with Crippen molar-refractivity contribution in [2.45, 2.75) is 76.9 Å². The smallest absolute Gasteiger partial charge is 0.260 e. The van der Waals surface area contributed by atoms with Gasteiger partial charge in [0.2, 0.25) is 0 Å². The number of aliphatic hydroxyl groups is 3. The zero-order valence-electron chi connectivity index (χ0n) is 22.3. The van der Waals surface area contributed by atoms with Gasteiger partial charge in [-0.15, -0.1) is 0 Å². The minimum Gasteiger partial charge on any atom is -0.393 e. The van der Waals surface area contributed by atoms with Crippen LogP contribution in [0.25, 0.3) is 0 Å². The van der Waals surface area contributed by atoms with Gasteiger partial charge in [0.15, 0.2) is 12.4 Å². The van der Waals surface area contributed by atoms with E-state index in [0.29, 0.717) is 32.2 Å². The number of H-pyrrole nitrogens is 1. The topological polar surface area (TPSA) is 157 Å². The summed E-state index contributed by atoms with van der Waals surface area (Å²) in [7, 11) is 0. The maximum absolute atomic E-state index is 12.6. The third-order valence-electron chi connectivity index (χ3n) is 10.3. The second kappa shape index (κ2) is 10.2. The number of nitrogens with one attached hydrogen (secondary N) is 2. The van der Waals surface area contributed by atoms with Gasteiger partial charge in [0.05, 0.1) is 18.1 Å². The molecule has 0 aliphatic heterocycles. The Morgan fingerprint density at radius 3 is 2.82 bits per heavy atom. The normalized spacial score (nSPS) is 39.1. The molecule has 38 heavy (non-hydrogen) atoms. The Labute approximate surface area is 222 Å². The summed E-state index contributed by atoms with van der Waals surface area (Å²) < 4.78 is 0. The van der Waals surface area contributed by atoms with Crippen LogP contribution in [-0.2, 0) is 20.8 Å². The molecule has 208 valence electrons. The monoisotopic (exact) mass is 528 g/mol. The molecule has 0 spiro atoms. The molecule has 3 saturated carbocycles. The van der Waals surface area contributed by atoms with Crippen molar-refractivity contribution in [3.8, 4) is 0 Å². The van der Waals surface area contributed by atoms with Crippen LogP contribution >= 0.6 is 0 Å². The summed E-state index contributed by atoms with van der Waals surface area (Å²) in [6.45, 7) is 3.82. The van der Waals surface area contributed by atoms with Gasteiger partial charge in [0.1, 0.15) is 12.2 Å². The Bertz CT molecular complexity index is 1120. The molecule has 0 aromatic carbocycles. The molecule has 3 fully saturated rings. The molecule has 1 aromatic rings. The van der Waals surface area contributed by atoms with Gasteiger partial charge in [-0.05, 0) is 74.2 Å². The third kappa shape index (κ3) is 4.40. The van der Waals surface area contributed by atoms with E-state index in [1.165, 1.54) is 5.57 Å². The average Bonchev–Trinajstić information content (AvgIpc) is 3.49. The van der Waals surface area contributed by atoms with Crippen molar-refractivity contribution >= 4 is 17.4 Å². The molecule has 10 nitrogen and oxygen atoms in total. The molecule has 0 radical (unpaired) electrons. The first-order chi connectivity index (χ1) is 18.1. The number of fused-ring (bicyclic) bond motifs is 5. The van der Waals surface area contributed by atoms with E-state index in [1.54, 1.807) is 12.5 Å². The fraction of sp³-hybridized carbons (Fsp3) is 0.714. The van der Waals surface area contributed by atoms with Crippen molar-refractivity contribution in [2.24, 2.45) is 33.7 Å². The molecule has 7 atom stereocenters. The number of aromatic nitrogens is 2. The number of carbonyl (C=O) groups is 2.